The first-order valence-electron chi connectivity index (χ1n) is 13.2. The number of nitrogens with one attached hydrogen (secondary N) is 2. The molecule has 1 aromatic heterocycles. The van der Waals surface area contributed by atoms with Gasteiger partial charge in [-0.15, -0.1) is 11.3 Å². The standard InChI is InChI=1S/C31H24N6O5S/c32-18-24(31-34-26-11-3-4-13-28(26)43-31)25(12-6-14-29(39)33-21-9-5-10-22(17-21)37(41)42)35-36-30(40)23-15-19-7-1-2-8-20(19)16-27(23)38/h1-5,7-11,13,15-17,24,38H,6,12,14H2,(H,33,39)(H,36,40)/b35-25+/t24-/m1/s1. The van der Waals surface area contributed by atoms with Crippen molar-refractivity contribution in [3.63, 3.8) is 0 Å². The number of rotatable bonds is 10. The van der Waals surface area contributed by atoms with E-state index in [1.807, 2.05) is 48.5 Å². The Morgan fingerprint density at radius 1 is 1.02 bits per heavy atom. The van der Waals surface area contributed by atoms with Crippen molar-refractivity contribution in [1.82, 2.24) is 10.4 Å². The Bertz CT molecular complexity index is 1900. The maximum atomic E-state index is 13.1. The summed E-state index contributed by atoms with van der Waals surface area (Å²) in [6.45, 7) is 0. The number of nitriles is 1. The number of hydrogen-bond donors (Lipinski definition) is 3. The summed E-state index contributed by atoms with van der Waals surface area (Å²) < 4.78 is 0.888. The van der Waals surface area contributed by atoms with Gasteiger partial charge in [0.25, 0.3) is 11.6 Å². The molecule has 0 aliphatic carbocycles. The maximum absolute atomic E-state index is 13.1. The summed E-state index contributed by atoms with van der Waals surface area (Å²) in [4.78, 5) is 40.8. The lowest BCUT2D eigenvalue weighted by Crippen LogP contribution is -2.23. The molecule has 1 heterocycles. The van der Waals surface area contributed by atoms with E-state index in [0.29, 0.717) is 16.4 Å². The lowest BCUT2D eigenvalue weighted by molar-refractivity contribution is -0.384. The van der Waals surface area contributed by atoms with Crippen LogP contribution in [-0.4, -0.2) is 32.5 Å². The molecule has 0 saturated carbocycles. The van der Waals surface area contributed by atoms with Crippen LogP contribution in [0.2, 0.25) is 0 Å². The number of para-hydroxylation sites is 1. The molecule has 214 valence electrons. The molecule has 0 fully saturated rings. The van der Waals surface area contributed by atoms with Crippen molar-refractivity contribution in [3.05, 3.63) is 106 Å². The van der Waals surface area contributed by atoms with Crippen molar-refractivity contribution in [3.8, 4) is 11.8 Å². The van der Waals surface area contributed by atoms with Crippen LogP contribution in [-0.2, 0) is 4.79 Å². The number of carbonyl (C=O) groups excluding carboxylic acids is 2. The first kappa shape index (κ1) is 28.8. The molecule has 11 nitrogen and oxygen atoms in total. The molecule has 12 heteroatoms. The number of non-ortho nitro benzene ring substituents is 1. The minimum atomic E-state index is -0.900. The monoisotopic (exact) mass is 592 g/mol. The fourth-order valence-electron chi connectivity index (χ4n) is 4.49. The molecule has 3 N–H and O–H groups in total. The second-order valence-electron chi connectivity index (χ2n) is 9.55. The van der Waals surface area contributed by atoms with E-state index < -0.39 is 16.7 Å². The third-order valence-corrected chi connectivity index (χ3v) is 7.71. The molecule has 0 spiro atoms. The van der Waals surface area contributed by atoms with Crippen molar-refractivity contribution >= 4 is 61.2 Å². The molecule has 0 aliphatic rings. The average molecular weight is 593 g/mol. The summed E-state index contributed by atoms with van der Waals surface area (Å²) in [7, 11) is 0. The van der Waals surface area contributed by atoms with E-state index in [0.717, 1.165) is 21.0 Å². The number of aromatic hydroxyl groups is 1. The third kappa shape index (κ3) is 6.80. The second-order valence-corrected chi connectivity index (χ2v) is 10.6. The number of fused-ring (bicyclic) bond motifs is 2. The van der Waals surface area contributed by atoms with E-state index in [1.165, 1.54) is 35.6 Å². The molecule has 5 aromatic rings. The Hall–Kier alpha value is -5.67. The van der Waals surface area contributed by atoms with E-state index in [4.69, 9.17) is 0 Å². The molecule has 5 rings (SSSR count). The molecule has 0 saturated heterocycles. The highest BCUT2D eigenvalue weighted by Crippen LogP contribution is 2.30. The number of hydrazone groups is 1. The van der Waals surface area contributed by atoms with E-state index >= 15 is 0 Å². The lowest BCUT2D eigenvalue weighted by Gasteiger charge is -2.12. The molecule has 0 radical (unpaired) electrons. The predicted molar refractivity (Wildman–Crippen MR) is 164 cm³/mol. The topological polar surface area (TPSA) is 171 Å². The Morgan fingerprint density at radius 2 is 1.77 bits per heavy atom. The van der Waals surface area contributed by atoms with Crippen LogP contribution in [0.4, 0.5) is 11.4 Å². The highest BCUT2D eigenvalue weighted by atomic mass is 32.1. The number of thiazole rings is 1. The number of nitrogens with zero attached hydrogens (tertiary/aromatic N) is 4. The van der Waals surface area contributed by atoms with Crippen LogP contribution in [0.5, 0.6) is 5.75 Å². The minimum Gasteiger partial charge on any atom is -0.507 e. The Balaban J connectivity index is 1.35. The van der Waals surface area contributed by atoms with Gasteiger partial charge in [-0.1, -0.05) is 42.5 Å². The van der Waals surface area contributed by atoms with Crippen molar-refractivity contribution in [2.24, 2.45) is 5.10 Å². The van der Waals surface area contributed by atoms with Crippen LogP contribution in [0.25, 0.3) is 21.0 Å². The summed E-state index contributed by atoms with van der Waals surface area (Å²) in [6, 6.07) is 25.6. The highest BCUT2D eigenvalue weighted by Gasteiger charge is 2.23. The number of benzene rings is 4. The van der Waals surface area contributed by atoms with Gasteiger partial charge < -0.3 is 10.4 Å². The number of phenolic OH excluding ortho intramolecular Hbond substituents is 1. The molecule has 2 amide bonds. The van der Waals surface area contributed by atoms with Gasteiger partial charge in [0.1, 0.15) is 16.7 Å². The van der Waals surface area contributed by atoms with Crippen molar-refractivity contribution in [1.29, 1.82) is 5.26 Å². The zero-order valence-corrected chi connectivity index (χ0v) is 23.4. The number of carbonyl (C=O) groups is 2. The van der Waals surface area contributed by atoms with E-state index in [9.17, 15) is 30.1 Å². The number of aromatic nitrogens is 1. The zero-order valence-electron chi connectivity index (χ0n) is 22.6. The average Bonchev–Trinajstić information content (AvgIpc) is 3.43. The summed E-state index contributed by atoms with van der Waals surface area (Å²) in [5.74, 6) is -2.15. The van der Waals surface area contributed by atoms with Gasteiger partial charge in [0.2, 0.25) is 5.91 Å². The SMILES string of the molecule is N#C[C@H](/C(CCCC(=O)Nc1cccc([N+](=O)[O-])c1)=N/NC(=O)c1cc2ccccc2cc1O)c1nc2ccccc2s1. The number of nitro groups is 1. The van der Waals surface area contributed by atoms with Crippen LogP contribution in [0, 0.1) is 21.4 Å². The summed E-state index contributed by atoms with van der Waals surface area (Å²) in [5, 5.41) is 40.6. The predicted octanol–water partition coefficient (Wildman–Crippen LogP) is 6.27. The van der Waals surface area contributed by atoms with Crippen LogP contribution >= 0.6 is 11.3 Å². The van der Waals surface area contributed by atoms with Crippen LogP contribution < -0.4 is 10.7 Å². The second kappa shape index (κ2) is 12.9. The molecule has 43 heavy (non-hydrogen) atoms. The van der Waals surface area contributed by atoms with Gasteiger partial charge in [-0.05, 0) is 53.9 Å². The van der Waals surface area contributed by atoms with Gasteiger partial charge in [-0.3, -0.25) is 19.7 Å². The molecule has 4 aromatic carbocycles. The highest BCUT2D eigenvalue weighted by molar-refractivity contribution is 7.18. The zero-order chi connectivity index (χ0) is 30.3. The number of anilines is 1. The van der Waals surface area contributed by atoms with E-state index in [-0.39, 0.29) is 42.2 Å². The summed E-state index contributed by atoms with van der Waals surface area (Å²) in [6.07, 6.45) is 0.458. The van der Waals surface area contributed by atoms with Gasteiger partial charge in [0, 0.05) is 24.2 Å². The fourth-order valence-corrected chi connectivity index (χ4v) is 5.54. The normalized spacial score (nSPS) is 12.0. The molecular weight excluding hydrogens is 568 g/mol. The van der Waals surface area contributed by atoms with E-state index in [2.05, 4.69) is 26.9 Å². The van der Waals surface area contributed by atoms with Crippen molar-refractivity contribution < 1.29 is 19.6 Å². The van der Waals surface area contributed by atoms with Crippen molar-refractivity contribution in [2.45, 2.75) is 25.2 Å². The number of phenols is 1. The molecule has 0 aliphatic heterocycles. The Labute approximate surface area is 249 Å². The van der Waals surface area contributed by atoms with Crippen molar-refractivity contribution in [2.75, 3.05) is 5.32 Å². The number of amides is 2. The van der Waals surface area contributed by atoms with Gasteiger partial charge in [-0.25, -0.2) is 10.4 Å². The van der Waals surface area contributed by atoms with Gasteiger partial charge >= 0.3 is 0 Å². The minimum absolute atomic E-state index is 0.0200. The van der Waals surface area contributed by atoms with Crippen LogP contribution in [0.15, 0.2) is 90.0 Å². The first-order chi connectivity index (χ1) is 20.8. The number of nitro benzene ring substituents is 1. The third-order valence-electron chi connectivity index (χ3n) is 6.61. The van der Waals surface area contributed by atoms with E-state index in [1.54, 1.807) is 12.1 Å². The lowest BCUT2D eigenvalue weighted by atomic mass is 10.00. The molecule has 0 unspecified atom stereocenters. The molecular formula is C31H24N6O5S. The maximum Gasteiger partial charge on any atom is 0.275 e. The number of hydrogen-bond acceptors (Lipinski definition) is 9. The van der Waals surface area contributed by atoms with Gasteiger partial charge in [0.05, 0.1) is 32.5 Å². The van der Waals surface area contributed by atoms with Gasteiger partial charge in [-0.2, -0.15) is 10.4 Å². The summed E-state index contributed by atoms with van der Waals surface area (Å²) in [5.41, 5.74) is 3.65. The molecule has 0 bridgehead atoms. The smallest absolute Gasteiger partial charge is 0.275 e. The van der Waals surface area contributed by atoms with Gasteiger partial charge in [0.15, 0.2) is 0 Å². The Morgan fingerprint density at radius 3 is 2.51 bits per heavy atom. The quantitative estimate of drug-likeness (QED) is 0.0975. The largest absolute Gasteiger partial charge is 0.507 e. The van der Waals surface area contributed by atoms with Crippen LogP contribution in [0.1, 0.15) is 40.5 Å². The Kier molecular flexibility index (Phi) is 8.64. The molecule has 1 atom stereocenters. The first-order valence-corrected chi connectivity index (χ1v) is 14.0. The summed E-state index contributed by atoms with van der Waals surface area (Å²) >= 11 is 1.34. The fraction of sp³-hybridized carbons (Fsp3) is 0.129. The van der Waals surface area contributed by atoms with Crippen LogP contribution in [0.3, 0.4) is 0 Å².